The van der Waals surface area contributed by atoms with Crippen molar-refractivity contribution in [3.8, 4) is 5.75 Å². The minimum atomic E-state index is -0.309. The number of aryl methyl sites for hydroxylation is 1. The molecule has 25 heavy (non-hydrogen) atoms. The van der Waals surface area contributed by atoms with Gasteiger partial charge in [0.2, 0.25) is 5.91 Å². The molecule has 6 heteroatoms. The van der Waals surface area contributed by atoms with Crippen LogP contribution in [-0.4, -0.2) is 12.5 Å². The van der Waals surface area contributed by atoms with Gasteiger partial charge in [0.1, 0.15) is 11.6 Å². The molecule has 0 saturated carbocycles. The second kappa shape index (κ2) is 8.72. The molecule has 1 aliphatic carbocycles. The lowest BCUT2D eigenvalue weighted by atomic mass is 9.87. The van der Waals surface area contributed by atoms with Crippen LogP contribution in [0.5, 0.6) is 5.75 Å². The van der Waals surface area contributed by atoms with E-state index in [9.17, 15) is 9.18 Å². The number of carbonyl (C=O) groups is 1. The van der Waals surface area contributed by atoms with Crippen molar-refractivity contribution in [1.29, 1.82) is 0 Å². The molecule has 3 rings (SSSR count). The van der Waals surface area contributed by atoms with Crippen LogP contribution in [0, 0.1) is 5.82 Å². The van der Waals surface area contributed by atoms with Crippen LogP contribution >= 0.6 is 12.4 Å². The summed E-state index contributed by atoms with van der Waals surface area (Å²) in [5.41, 5.74) is 8.96. The summed E-state index contributed by atoms with van der Waals surface area (Å²) in [7, 11) is 0. The van der Waals surface area contributed by atoms with Crippen LogP contribution < -0.4 is 15.8 Å². The lowest BCUT2D eigenvalue weighted by molar-refractivity contribution is -0.122. The van der Waals surface area contributed by atoms with Gasteiger partial charge in [-0.25, -0.2) is 4.39 Å². The minimum Gasteiger partial charge on any atom is -0.493 e. The average Bonchev–Trinajstić information content (AvgIpc) is 2.56. The third kappa shape index (κ3) is 5.10. The zero-order chi connectivity index (χ0) is 16.9. The Bertz CT molecular complexity index is 722. The second-order valence-corrected chi connectivity index (χ2v) is 6.02. The van der Waals surface area contributed by atoms with E-state index in [0.717, 1.165) is 30.5 Å². The van der Waals surface area contributed by atoms with Crippen LogP contribution in [0.2, 0.25) is 0 Å². The number of carbonyl (C=O) groups excluding carboxylic acids is 1. The van der Waals surface area contributed by atoms with Gasteiger partial charge in [-0.15, -0.1) is 12.4 Å². The molecule has 0 spiro atoms. The maximum atomic E-state index is 12.8. The molecule has 0 saturated heterocycles. The lowest BCUT2D eigenvalue weighted by Gasteiger charge is -2.26. The molecule has 0 fully saturated rings. The first-order valence-electron chi connectivity index (χ1n) is 8.18. The molecule has 1 amide bonds. The molecule has 2 aromatic carbocycles. The topological polar surface area (TPSA) is 64.3 Å². The first-order valence-corrected chi connectivity index (χ1v) is 8.18. The SMILES string of the molecule is Cl.Nc1ccc2c(c1)CCCC2NC(=O)CCOc1ccc(F)cc1. The highest BCUT2D eigenvalue weighted by molar-refractivity contribution is 5.85. The predicted molar refractivity (Wildman–Crippen MR) is 98.4 cm³/mol. The fraction of sp³-hybridized carbons (Fsp3) is 0.316. The van der Waals surface area contributed by atoms with Crippen molar-refractivity contribution in [2.24, 2.45) is 0 Å². The van der Waals surface area contributed by atoms with Gasteiger partial charge in [0.15, 0.2) is 0 Å². The van der Waals surface area contributed by atoms with Gasteiger partial charge in [-0.05, 0) is 66.8 Å². The maximum Gasteiger partial charge on any atom is 0.223 e. The summed E-state index contributed by atoms with van der Waals surface area (Å²) in [5.74, 6) is 0.200. The fourth-order valence-electron chi connectivity index (χ4n) is 3.04. The fourth-order valence-corrected chi connectivity index (χ4v) is 3.04. The van der Waals surface area contributed by atoms with Crippen molar-refractivity contribution in [1.82, 2.24) is 5.32 Å². The average molecular weight is 365 g/mol. The number of fused-ring (bicyclic) bond motifs is 1. The van der Waals surface area contributed by atoms with E-state index in [1.54, 1.807) is 12.1 Å². The van der Waals surface area contributed by atoms with E-state index in [-0.39, 0.29) is 43.2 Å². The number of amides is 1. The van der Waals surface area contributed by atoms with Crippen molar-refractivity contribution in [3.63, 3.8) is 0 Å². The van der Waals surface area contributed by atoms with E-state index < -0.39 is 0 Å². The summed E-state index contributed by atoms with van der Waals surface area (Å²) in [4.78, 5) is 12.2. The molecule has 0 aliphatic heterocycles. The van der Waals surface area contributed by atoms with Crippen molar-refractivity contribution >= 4 is 24.0 Å². The van der Waals surface area contributed by atoms with Gasteiger partial charge in [0.25, 0.3) is 0 Å². The zero-order valence-corrected chi connectivity index (χ0v) is 14.7. The number of ether oxygens (including phenoxy) is 1. The Morgan fingerprint density at radius 1 is 1.24 bits per heavy atom. The number of anilines is 1. The molecule has 1 unspecified atom stereocenters. The van der Waals surface area contributed by atoms with Gasteiger partial charge in [-0.1, -0.05) is 6.07 Å². The number of rotatable bonds is 5. The quantitative estimate of drug-likeness (QED) is 0.793. The number of hydrogen-bond acceptors (Lipinski definition) is 3. The monoisotopic (exact) mass is 364 g/mol. The summed E-state index contributed by atoms with van der Waals surface area (Å²) in [6, 6.07) is 11.7. The Morgan fingerprint density at radius 2 is 2.00 bits per heavy atom. The highest BCUT2D eigenvalue weighted by atomic mass is 35.5. The molecular weight excluding hydrogens is 343 g/mol. The van der Waals surface area contributed by atoms with Crippen molar-refractivity contribution in [3.05, 3.63) is 59.4 Å². The molecule has 0 heterocycles. The Balaban J connectivity index is 0.00000225. The smallest absolute Gasteiger partial charge is 0.223 e. The summed E-state index contributed by atoms with van der Waals surface area (Å²) in [6.07, 6.45) is 3.23. The Hall–Kier alpha value is -2.27. The normalized spacial score (nSPS) is 15.6. The lowest BCUT2D eigenvalue weighted by Crippen LogP contribution is -2.31. The van der Waals surface area contributed by atoms with E-state index in [0.29, 0.717) is 5.75 Å². The van der Waals surface area contributed by atoms with Crippen LogP contribution in [0.15, 0.2) is 42.5 Å². The summed E-state index contributed by atoms with van der Waals surface area (Å²) >= 11 is 0. The zero-order valence-electron chi connectivity index (χ0n) is 13.8. The van der Waals surface area contributed by atoms with Gasteiger partial charge in [-0.3, -0.25) is 4.79 Å². The molecule has 4 nitrogen and oxygen atoms in total. The van der Waals surface area contributed by atoms with E-state index in [2.05, 4.69) is 5.32 Å². The predicted octanol–water partition coefficient (Wildman–Crippen LogP) is 3.79. The van der Waals surface area contributed by atoms with Crippen LogP contribution in [0.3, 0.4) is 0 Å². The van der Waals surface area contributed by atoms with Crippen LogP contribution in [0.1, 0.15) is 36.4 Å². The summed E-state index contributed by atoms with van der Waals surface area (Å²) in [5, 5.41) is 3.07. The second-order valence-electron chi connectivity index (χ2n) is 6.02. The third-order valence-corrected chi connectivity index (χ3v) is 4.23. The summed E-state index contributed by atoms with van der Waals surface area (Å²) < 4.78 is 18.3. The Labute approximate surface area is 153 Å². The number of nitrogens with one attached hydrogen (secondary N) is 1. The number of benzene rings is 2. The van der Waals surface area contributed by atoms with Gasteiger partial charge in [-0.2, -0.15) is 0 Å². The maximum absolute atomic E-state index is 12.8. The van der Waals surface area contributed by atoms with Gasteiger partial charge >= 0.3 is 0 Å². The van der Waals surface area contributed by atoms with Crippen LogP contribution in [-0.2, 0) is 11.2 Å². The number of halogens is 2. The van der Waals surface area contributed by atoms with Gasteiger partial charge in [0.05, 0.1) is 19.1 Å². The molecule has 0 bridgehead atoms. The first-order chi connectivity index (χ1) is 11.6. The van der Waals surface area contributed by atoms with Crippen molar-refractivity contribution in [2.75, 3.05) is 12.3 Å². The van der Waals surface area contributed by atoms with Crippen molar-refractivity contribution in [2.45, 2.75) is 31.7 Å². The number of hydrogen-bond donors (Lipinski definition) is 2. The van der Waals surface area contributed by atoms with Crippen LogP contribution in [0.25, 0.3) is 0 Å². The molecule has 1 aliphatic rings. The molecule has 0 radical (unpaired) electrons. The van der Waals surface area contributed by atoms with E-state index >= 15 is 0 Å². The number of nitrogens with two attached hydrogens (primary N) is 1. The molecule has 0 aromatic heterocycles. The first kappa shape index (κ1) is 19.1. The third-order valence-electron chi connectivity index (χ3n) is 4.23. The van der Waals surface area contributed by atoms with Crippen LogP contribution in [0.4, 0.5) is 10.1 Å². The Morgan fingerprint density at radius 3 is 2.76 bits per heavy atom. The van der Waals surface area contributed by atoms with Crippen molar-refractivity contribution < 1.29 is 13.9 Å². The molecule has 3 N–H and O–H groups in total. The highest BCUT2D eigenvalue weighted by Gasteiger charge is 2.21. The molecule has 134 valence electrons. The van der Waals surface area contributed by atoms with Gasteiger partial charge in [0, 0.05) is 5.69 Å². The molecular formula is C19H22ClFN2O2. The van der Waals surface area contributed by atoms with E-state index in [4.69, 9.17) is 10.5 Å². The summed E-state index contributed by atoms with van der Waals surface area (Å²) in [6.45, 7) is 0.263. The Kier molecular flexibility index (Phi) is 6.65. The minimum absolute atomic E-state index is 0. The molecule has 1 atom stereocenters. The highest BCUT2D eigenvalue weighted by Crippen LogP contribution is 2.31. The largest absolute Gasteiger partial charge is 0.493 e. The standard InChI is InChI=1S/C19H21FN2O2.ClH/c20-14-4-7-16(8-5-14)24-11-10-19(23)22-18-3-1-2-13-12-15(21)6-9-17(13)18;/h4-9,12,18H,1-3,10-11,21H2,(H,22,23);1H. The number of nitrogen functional groups attached to an aromatic ring is 1. The van der Waals surface area contributed by atoms with E-state index in [1.807, 2.05) is 18.2 Å². The van der Waals surface area contributed by atoms with E-state index in [1.165, 1.54) is 17.7 Å². The molecule has 2 aromatic rings. The van der Waals surface area contributed by atoms with Gasteiger partial charge < -0.3 is 15.8 Å².